The number of benzene rings is 1. The van der Waals surface area contributed by atoms with Crippen LogP contribution in [0.4, 0.5) is 0 Å². The lowest BCUT2D eigenvalue weighted by Crippen LogP contribution is -2.30. The molecule has 0 bridgehead atoms. The SMILES string of the molecule is Cc1ccc(C(CNC(=O)c2cccc3nc(CN4CCCC4)cn23)CC(C)C)cc1. The van der Waals surface area contributed by atoms with E-state index in [0.717, 1.165) is 37.4 Å². The second kappa shape index (κ2) is 9.65. The number of fused-ring (bicyclic) bond motifs is 1. The second-order valence-electron chi connectivity index (χ2n) is 9.30. The van der Waals surface area contributed by atoms with E-state index in [0.29, 0.717) is 24.1 Å². The second-order valence-corrected chi connectivity index (χ2v) is 9.30. The highest BCUT2D eigenvalue weighted by molar-refractivity contribution is 5.93. The lowest BCUT2D eigenvalue weighted by molar-refractivity contribution is 0.0943. The molecule has 1 N–H and O–H groups in total. The number of carbonyl (C=O) groups excluding carboxylic acids is 1. The number of hydrogen-bond acceptors (Lipinski definition) is 3. The molecule has 164 valence electrons. The fourth-order valence-corrected chi connectivity index (χ4v) is 4.54. The number of carbonyl (C=O) groups is 1. The van der Waals surface area contributed by atoms with Gasteiger partial charge in [0.1, 0.15) is 11.3 Å². The molecular weight excluding hydrogens is 384 g/mol. The van der Waals surface area contributed by atoms with Gasteiger partial charge in [-0.2, -0.15) is 0 Å². The summed E-state index contributed by atoms with van der Waals surface area (Å²) in [5.41, 5.74) is 5.05. The van der Waals surface area contributed by atoms with Gasteiger partial charge in [-0.3, -0.25) is 14.1 Å². The zero-order chi connectivity index (χ0) is 21.8. The Labute approximate surface area is 185 Å². The fourth-order valence-electron chi connectivity index (χ4n) is 4.54. The molecule has 0 saturated carbocycles. The van der Waals surface area contributed by atoms with E-state index < -0.39 is 0 Å². The van der Waals surface area contributed by atoms with Crippen molar-refractivity contribution < 1.29 is 4.79 Å². The van der Waals surface area contributed by atoms with Gasteiger partial charge in [0.25, 0.3) is 5.91 Å². The van der Waals surface area contributed by atoms with Crippen LogP contribution in [0.2, 0.25) is 0 Å². The predicted octanol–water partition coefficient (Wildman–Crippen LogP) is 4.80. The van der Waals surface area contributed by atoms with Gasteiger partial charge in [0.2, 0.25) is 0 Å². The van der Waals surface area contributed by atoms with Crippen LogP contribution < -0.4 is 5.32 Å². The summed E-state index contributed by atoms with van der Waals surface area (Å²) in [6.45, 7) is 10.3. The van der Waals surface area contributed by atoms with Crippen LogP contribution in [0.25, 0.3) is 5.65 Å². The third-order valence-electron chi connectivity index (χ3n) is 6.17. The molecule has 1 atom stereocenters. The number of nitrogens with zero attached hydrogens (tertiary/aromatic N) is 3. The molecule has 1 unspecified atom stereocenters. The van der Waals surface area contributed by atoms with E-state index in [1.807, 2.05) is 28.8 Å². The number of likely N-dealkylation sites (tertiary alicyclic amines) is 1. The number of rotatable bonds is 8. The molecule has 31 heavy (non-hydrogen) atoms. The van der Waals surface area contributed by atoms with Crippen LogP contribution in [-0.2, 0) is 6.54 Å². The van der Waals surface area contributed by atoms with Crippen LogP contribution in [-0.4, -0.2) is 39.8 Å². The number of aryl methyl sites for hydroxylation is 1. The third-order valence-corrected chi connectivity index (χ3v) is 6.17. The maximum absolute atomic E-state index is 13.1. The molecule has 1 fully saturated rings. The van der Waals surface area contributed by atoms with Crippen molar-refractivity contribution in [2.75, 3.05) is 19.6 Å². The van der Waals surface area contributed by atoms with E-state index in [9.17, 15) is 4.79 Å². The van der Waals surface area contributed by atoms with Crippen LogP contribution in [0, 0.1) is 12.8 Å². The number of amides is 1. The highest BCUT2D eigenvalue weighted by Crippen LogP contribution is 2.24. The highest BCUT2D eigenvalue weighted by Gasteiger charge is 2.18. The van der Waals surface area contributed by atoms with E-state index >= 15 is 0 Å². The lowest BCUT2D eigenvalue weighted by Gasteiger charge is -2.20. The Balaban J connectivity index is 1.48. The molecule has 1 saturated heterocycles. The minimum Gasteiger partial charge on any atom is -0.350 e. The van der Waals surface area contributed by atoms with E-state index in [2.05, 4.69) is 55.3 Å². The molecule has 0 spiro atoms. The summed E-state index contributed by atoms with van der Waals surface area (Å²) in [5, 5.41) is 3.19. The predicted molar refractivity (Wildman–Crippen MR) is 125 cm³/mol. The molecule has 4 rings (SSSR count). The Hall–Kier alpha value is -2.66. The van der Waals surface area contributed by atoms with Gasteiger partial charge in [0, 0.05) is 25.2 Å². The number of hydrogen-bond donors (Lipinski definition) is 1. The van der Waals surface area contributed by atoms with E-state index in [-0.39, 0.29) is 5.91 Å². The Kier molecular flexibility index (Phi) is 6.71. The third kappa shape index (κ3) is 5.34. The van der Waals surface area contributed by atoms with Crippen molar-refractivity contribution in [1.82, 2.24) is 19.6 Å². The smallest absolute Gasteiger partial charge is 0.268 e. The van der Waals surface area contributed by atoms with Crippen LogP contribution in [0.1, 0.15) is 66.3 Å². The monoisotopic (exact) mass is 418 g/mol. The highest BCUT2D eigenvalue weighted by atomic mass is 16.1. The van der Waals surface area contributed by atoms with Crippen molar-refractivity contribution in [3.8, 4) is 0 Å². The van der Waals surface area contributed by atoms with Crippen LogP contribution in [0.15, 0.2) is 48.7 Å². The fraction of sp³-hybridized carbons (Fsp3) is 0.462. The number of imidazole rings is 1. The van der Waals surface area contributed by atoms with Crippen molar-refractivity contribution >= 4 is 11.6 Å². The van der Waals surface area contributed by atoms with Crippen molar-refractivity contribution in [3.63, 3.8) is 0 Å². The number of pyridine rings is 1. The Morgan fingerprint density at radius 1 is 1.10 bits per heavy atom. The first-order valence-corrected chi connectivity index (χ1v) is 11.5. The lowest BCUT2D eigenvalue weighted by atomic mass is 9.90. The maximum atomic E-state index is 13.1. The normalized spacial score (nSPS) is 15.6. The van der Waals surface area contributed by atoms with Crippen LogP contribution in [0.5, 0.6) is 0 Å². The van der Waals surface area contributed by atoms with Gasteiger partial charge in [0.15, 0.2) is 0 Å². The molecule has 3 aromatic rings. The molecule has 1 aliphatic heterocycles. The molecule has 0 radical (unpaired) electrons. The topological polar surface area (TPSA) is 49.6 Å². The van der Waals surface area contributed by atoms with Gasteiger partial charge < -0.3 is 5.32 Å². The summed E-state index contributed by atoms with van der Waals surface area (Å²) in [5.74, 6) is 0.822. The molecule has 0 aliphatic carbocycles. The summed E-state index contributed by atoms with van der Waals surface area (Å²) in [6, 6.07) is 14.5. The summed E-state index contributed by atoms with van der Waals surface area (Å²) in [4.78, 5) is 20.3. The largest absolute Gasteiger partial charge is 0.350 e. The average molecular weight is 419 g/mol. The summed E-state index contributed by atoms with van der Waals surface area (Å²) < 4.78 is 1.93. The minimum atomic E-state index is -0.0448. The first kappa shape index (κ1) is 21.6. The van der Waals surface area contributed by atoms with Gasteiger partial charge in [-0.15, -0.1) is 0 Å². The Morgan fingerprint density at radius 3 is 2.55 bits per heavy atom. The molecule has 1 aromatic carbocycles. The molecule has 1 amide bonds. The van der Waals surface area contributed by atoms with Crippen molar-refractivity contribution in [2.45, 2.75) is 52.5 Å². The summed E-state index contributed by atoms with van der Waals surface area (Å²) in [7, 11) is 0. The molecule has 5 nitrogen and oxygen atoms in total. The molecule has 3 heterocycles. The van der Waals surface area contributed by atoms with Crippen molar-refractivity contribution in [3.05, 3.63) is 71.2 Å². The average Bonchev–Trinajstić information content (AvgIpc) is 3.40. The van der Waals surface area contributed by atoms with Gasteiger partial charge in [-0.05, 0) is 62.9 Å². The standard InChI is InChI=1S/C26H34N4O/c1-19(2)15-22(21-11-9-20(3)10-12-21)16-27-26(31)24-7-6-8-25-28-23(18-30(24)25)17-29-13-4-5-14-29/h6-12,18-19,22H,4-5,13-17H2,1-3H3,(H,27,31). The maximum Gasteiger partial charge on any atom is 0.268 e. The summed E-state index contributed by atoms with van der Waals surface area (Å²) >= 11 is 0. The van der Waals surface area contributed by atoms with E-state index in [1.54, 1.807) is 0 Å². The molecular formula is C26H34N4O. The minimum absolute atomic E-state index is 0.0448. The van der Waals surface area contributed by atoms with E-state index in [1.165, 1.54) is 24.0 Å². The Morgan fingerprint density at radius 2 is 1.84 bits per heavy atom. The van der Waals surface area contributed by atoms with Gasteiger partial charge >= 0.3 is 0 Å². The molecule has 1 aliphatic rings. The van der Waals surface area contributed by atoms with Crippen molar-refractivity contribution in [2.24, 2.45) is 5.92 Å². The summed E-state index contributed by atoms with van der Waals surface area (Å²) in [6.07, 6.45) is 5.59. The van der Waals surface area contributed by atoms with Crippen LogP contribution >= 0.6 is 0 Å². The molecule has 5 heteroatoms. The molecule has 2 aromatic heterocycles. The Bertz CT molecular complexity index is 1020. The van der Waals surface area contributed by atoms with Gasteiger partial charge in [-0.25, -0.2) is 4.98 Å². The zero-order valence-corrected chi connectivity index (χ0v) is 19.0. The number of aromatic nitrogens is 2. The number of nitrogens with one attached hydrogen (secondary N) is 1. The van der Waals surface area contributed by atoms with Crippen LogP contribution in [0.3, 0.4) is 0 Å². The van der Waals surface area contributed by atoms with Gasteiger partial charge in [-0.1, -0.05) is 49.7 Å². The quantitative estimate of drug-likeness (QED) is 0.572. The van der Waals surface area contributed by atoms with Gasteiger partial charge in [0.05, 0.1) is 5.69 Å². The van der Waals surface area contributed by atoms with Crippen molar-refractivity contribution in [1.29, 1.82) is 0 Å². The van der Waals surface area contributed by atoms with E-state index in [4.69, 9.17) is 4.98 Å². The first-order valence-electron chi connectivity index (χ1n) is 11.5. The zero-order valence-electron chi connectivity index (χ0n) is 19.0. The first-order chi connectivity index (χ1) is 15.0.